The zero-order valence-electron chi connectivity index (χ0n) is 5.32. The van der Waals surface area contributed by atoms with Crippen LogP contribution < -0.4 is 5.73 Å². The smallest absolute Gasteiger partial charge is 0.323 e. The summed E-state index contributed by atoms with van der Waals surface area (Å²) in [5, 5.41) is 8.31. The van der Waals surface area contributed by atoms with Crippen molar-refractivity contribution in [2.24, 2.45) is 0 Å². The van der Waals surface area contributed by atoms with E-state index in [-0.39, 0.29) is 6.54 Å². The molecule has 1 aromatic heterocycles. The van der Waals surface area contributed by atoms with Gasteiger partial charge >= 0.3 is 5.97 Å². The Bertz CT molecular complexity index is 242. The van der Waals surface area contributed by atoms with E-state index >= 15 is 0 Å². The van der Waals surface area contributed by atoms with E-state index in [1.54, 1.807) is 18.5 Å². The SMILES string of the molecule is Nc1ccn(CC(=O)O)c1. The molecule has 0 bridgehead atoms. The van der Waals surface area contributed by atoms with Crippen LogP contribution in [0.25, 0.3) is 0 Å². The van der Waals surface area contributed by atoms with Crippen LogP contribution in [0.3, 0.4) is 0 Å². The molecule has 0 amide bonds. The molecule has 1 rings (SSSR count). The van der Waals surface area contributed by atoms with Gasteiger partial charge in [0.1, 0.15) is 6.54 Å². The highest BCUT2D eigenvalue weighted by Crippen LogP contribution is 2.00. The van der Waals surface area contributed by atoms with Gasteiger partial charge in [0.05, 0.1) is 0 Å². The molecule has 0 saturated heterocycles. The van der Waals surface area contributed by atoms with Gasteiger partial charge < -0.3 is 15.4 Å². The minimum absolute atomic E-state index is 0.0306. The topological polar surface area (TPSA) is 68.2 Å². The van der Waals surface area contributed by atoms with E-state index in [9.17, 15) is 4.79 Å². The largest absolute Gasteiger partial charge is 0.480 e. The number of nitrogen functional groups attached to an aromatic ring is 1. The molecule has 1 aromatic rings. The van der Waals surface area contributed by atoms with E-state index in [4.69, 9.17) is 10.8 Å². The number of carboxylic acid groups (broad SMARTS) is 1. The van der Waals surface area contributed by atoms with Gasteiger partial charge in [-0.25, -0.2) is 0 Å². The van der Waals surface area contributed by atoms with Crippen LogP contribution in [-0.2, 0) is 11.3 Å². The fourth-order valence-electron chi connectivity index (χ4n) is 0.714. The van der Waals surface area contributed by atoms with Gasteiger partial charge in [0.15, 0.2) is 0 Å². The quantitative estimate of drug-likeness (QED) is 0.614. The molecule has 0 spiro atoms. The number of rotatable bonds is 2. The number of carboxylic acids is 1. The fourth-order valence-corrected chi connectivity index (χ4v) is 0.714. The van der Waals surface area contributed by atoms with Crippen molar-refractivity contribution < 1.29 is 9.90 Å². The van der Waals surface area contributed by atoms with E-state index < -0.39 is 5.97 Å². The van der Waals surface area contributed by atoms with E-state index in [0.29, 0.717) is 5.69 Å². The molecule has 0 unspecified atom stereocenters. The van der Waals surface area contributed by atoms with Crippen molar-refractivity contribution in [1.29, 1.82) is 0 Å². The second-order valence-corrected chi connectivity index (χ2v) is 2.01. The molecule has 10 heavy (non-hydrogen) atoms. The van der Waals surface area contributed by atoms with Gasteiger partial charge in [-0.2, -0.15) is 0 Å². The molecule has 0 radical (unpaired) electrons. The molecule has 1 heterocycles. The van der Waals surface area contributed by atoms with Gasteiger partial charge in [0.2, 0.25) is 0 Å². The van der Waals surface area contributed by atoms with Crippen molar-refractivity contribution >= 4 is 11.7 Å². The summed E-state index contributed by atoms with van der Waals surface area (Å²) in [5.74, 6) is -0.865. The van der Waals surface area contributed by atoms with Crippen molar-refractivity contribution in [3.8, 4) is 0 Å². The van der Waals surface area contributed by atoms with E-state index in [0.717, 1.165) is 0 Å². The predicted octanol–water partition coefficient (Wildman–Crippen LogP) is 0.155. The number of carbonyl (C=O) groups is 1. The Morgan fingerprint density at radius 1 is 1.80 bits per heavy atom. The summed E-state index contributed by atoms with van der Waals surface area (Å²) in [5.41, 5.74) is 5.93. The third-order valence-electron chi connectivity index (χ3n) is 1.09. The van der Waals surface area contributed by atoms with Crippen molar-refractivity contribution in [2.75, 3.05) is 5.73 Å². The van der Waals surface area contributed by atoms with Crippen LogP contribution in [0.4, 0.5) is 5.69 Å². The van der Waals surface area contributed by atoms with E-state index in [1.165, 1.54) is 4.57 Å². The van der Waals surface area contributed by atoms with Crippen LogP contribution in [0.2, 0.25) is 0 Å². The normalized spacial score (nSPS) is 9.60. The molecular formula is C6H8N2O2. The maximum Gasteiger partial charge on any atom is 0.323 e. The number of anilines is 1. The Balaban J connectivity index is 2.67. The van der Waals surface area contributed by atoms with Crippen LogP contribution in [-0.4, -0.2) is 15.6 Å². The van der Waals surface area contributed by atoms with Gasteiger partial charge in [0.25, 0.3) is 0 Å². The first-order valence-electron chi connectivity index (χ1n) is 2.81. The summed E-state index contributed by atoms with van der Waals surface area (Å²) >= 11 is 0. The van der Waals surface area contributed by atoms with Crippen molar-refractivity contribution in [1.82, 2.24) is 4.57 Å². The van der Waals surface area contributed by atoms with E-state index in [2.05, 4.69) is 0 Å². The standard InChI is InChI=1S/C6H8N2O2/c7-5-1-2-8(3-5)4-6(9)10/h1-3H,4,7H2,(H,9,10). The maximum atomic E-state index is 10.1. The summed E-state index contributed by atoms with van der Waals surface area (Å²) in [4.78, 5) is 10.1. The molecule has 4 heteroatoms. The molecule has 0 aliphatic rings. The van der Waals surface area contributed by atoms with Crippen LogP contribution in [0.15, 0.2) is 18.5 Å². The molecule has 3 N–H and O–H groups in total. The molecule has 0 aliphatic heterocycles. The molecular weight excluding hydrogens is 132 g/mol. The fraction of sp³-hybridized carbons (Fsp3) is 0.167. The monoisotopic (exact) mass is 140 g/mol. The summed E-state index contributed by atoms with van der Waals surface area (Å²) in [7, 11) is 0. The molecule has 0 saturated carbocycles. The molecule has 4 nitrogen and oxygen atoms in total. The highest BCUT2D eigenvalue weighted by atomic mass is 16.4. The highest BCUT2D eigenvalue weighted by molar-refractivity contribution is 5.66. The van der Waals surface area contributed by atoms with Crippen molar-refractivity contribution in [2.45, 2.75) is 6.54 Å². The lowest BCUT2D eigenvalue weighted by atomic mass is 10.6. The molecule has 0 aliphatic carbocycles. The zero-order chi connectivity index (χ0) is 7.56. The lowest BCUT2D eigenvalue weighted by Crippen LogP contribution is -2.06. The number of hydrogen-bond acceptors (Lipinski definition) is 2. The average molecular weight is 140 g/mol. The first-order valence-corrected chi connectivity index (χ1v) is 2.81. The van der Waals surface area contributed by atoms with Crippen LogP contribution in [0, 0.1) is 0 Å². The number of hydrogen-bond donors (Lipinski definition) is 2. The van der Waals surface area contributed by atoms with Crippen LogP contribution >= 0.6 is 0 Å². The second kappa shape index (κ2) is 2.43. The van der Waals surface area contributed by atoms with Gasteiger partial charge in [-0.1, -0.05) is 0 Å². The van der Waals surface area contributed by atoms with Crippen molar-refractivity contribution in [3.63, 3.8) is 0 Å². The Labute approximate surface area is 57.9 Å². The Morgan fingerprint density at radius 3 is 2.90 bits per heavy atom. The van der Waals surface area contributed by atoms with Gasteiger partial charge in [-0.3, -0.25) is 4.79 Å². The maximum absolute atomic E-state index is 10.1. The van der Waals surface area contributed by atoms with E-state index in [1.807, 2.05) is 0 Å². The third-order valence-corrected chi connectivity index (χ3v) is 1.09. The lowest BCUT2D eigenvalue weighted by Gasteiger charge is -1.93. The number of nitrogens with zero attached hydrogens (tertiary/aromatic N) is 1. The minimum Gasteiger partial charge on any atom is -0.480 e. The Hall–Kier alpha value is -1.45. The average Bonchev–Trinajstić information content (AvgIpc) is 2.13. The molecule has 0 atom stereocenters. The van der Waals surface area contributed by atoms with Gasteiger partial charge in [-0.05, 0) is 6.07 Å². The molecule has 0 fully saturated rings. The Kier molecular flexibility index (Phi) is 1.62. The molecule has 54 valence electrons. The summed E-state index contributed by atoms with van der Waals surface area (Å²) in [6.07, 6.45) is 3.21. The second-order valence-electron chi connectivity index (χ2n) is 2.01. The highest BCUT2D eigenvalue weighted by Gasteiger charge is 1.97. The predicted molar refractivity (Wildman–Crippen MR) is 36.5 cm³/mol. The van der Waals surface area contributed by atoms with Gasteiger partial charge in [-0.15, -0.1) is 0 Å². The zero-order valence-corrected chi connectivity index (χ0v) is 5.32. The number of aliphatic carboxylic acids is 1. The molecule has 0 aromatic carbocycles. The summed E-state index contributed by atoms with van der Waals surface area (Å²) in [6.45, 7) is -0.0306. The van der Waals surface area contributed by atoms with Crippen LogP contribution in [0.5, 0.6) is 0 Å². The van der Waals surface area contributed by atoms with Gasteiger partial charge in [0, 0.05) is 18.1 Å². The minimum atomic E-state index is -0.865. The number of aromatic nitrogens is 1. The third kappa shape index (κ3) is 1.51. The Morgan fingerprint density at radius 2 is 2.50 bits per heavy atom. The summed E-state index contributed by atoms with van der Waals surface area (Å²) in [6, 6.07) is 1.66. The van der Waals surface area contributed by atoms with Crippen molar-refractivity contribution in [3.05, 3.63) is 18.5 Å². The first kappa shape index (κ1) is 6.67. The summed E-state index contributed by atoms with van der Waals surface area (Å²) < 4.78 is 1.51. The van der Waals surface area contributed by atoms with Crippen LogP contribution in [0.1, 0.15) is 0 Å². The first-order chi connectivity index (χ1) is 4.68. The number of nitrogens with two attached hydrogens (primary N) is 1. The lowest BCUT2D eigenvalue weighted by molar-refractivity contribution is -0.137.